The van der Waals surface area contributed by atoms with Crippen molar-refractivity contribution in [2.24, 2.45) is 10.8 Å². The number of hydrogen-bond acceptors (Lipinski definition) is 8. The summed E-state index contributed by atoms with van der Waals surface area (Å²) in [6, 6.07) is 0. The molecule has 0 unspecified atom stereocenters. The van der Waals surface area contributed by atoms with Crippen LogP contribution in [0, 0.1) is 10.8 Å². The number of rotatable bonds is 0. The summed E-state index contributed by atoms with van der Waals surface area (Å²) in [4.78, 5) is 53.2. The maximum Gasteiger partial charge on any atom is 0.205 e. The number of hydrogen-bond donors (Lipinski definition) is 2. The fourth-order valence-electron chi connectivity index (χ4n) is 5.68. The highest BCUT2D eigenvalue weighted by Crippen LogP contribution is 2.66. The van der Waals surface area contributed by atoms with Crippen LogP contribution < -0.4 is 0 Å². The van der Waals surface area contributed by atoms with Crippen molar-refractivity contribution in [3.05, 3.63) is 22.3 Å². The summed E-state index contributed by atoms with van der Waals surface area (Å²) >= 11 is 0. The fourth-order valence-corrected chi connectivity index (χ4v) is 5.68. The van der Waals surface area contributed by atoms with E-state index in [9.17, 15) is 29.4 Å². The molecule has 4 atom stereocenters. The van der Waals surface area contributed by atoms with Crippen molar-refractivity contribution in [1.29, 1.82) is 0 Å². The maximum atomic E-state index is 13.5. The minimum atomic E-state index is -2.72. The summed E-state index contributed by atoms with van der Waals surface area (Å²) in [6.45, 7) is 1.62. The van der Waals surface area contributed by atoms with E-state index in [0.717, 1.165) is 0 Å². The van der Waals surface area contributed by atoms with E-state index in [-0.39, 0.29) is 35.5 Å². The Labute approximate surface area is 147 Å². The summed E-state index contributed by atoms with van der Waals surface area (Å²) in [5.41, 5.74) is -9.28. The molecule has 5 aliphatic rings. The first kappa shape index (κ1) is 16.2. The molecular formula is C18H16O8. The Hall–Kier alpha value is -2.00. The lowest BCUT2D eigenvalue weighted by atomic mass is 9.38. The summed E-state index contributed by atoms with van der Waals surface area (Å²) in [5.74, 6) is -3.86. The van der Waals surface area contributed by atoms with E-state index in [1.807, 2.05) is 0 Å². The van der Waals surface area contributed by atoms with Gasteiger partial charge in [-0.25, -0.2) is 0 Å². The summed E-state index contributed by atoms with van der Waals surface area (Å²) in [7, 11) is 0. The molecule has 0 aromatic heterocycles. The third-order valence-electron chi connectivity index (χ3n) is 7.07. The summed E-state index contributed by atoms with van der Waals surface area (Å²) < 4.78 is 10.7. The first-order chi connectivity index (χ1) is 12.1. The van der Waals surface area contributed by atoms with E-state index < -0.39 is 58.4 Å². The predicted molar refractivity (Wildman–Crippen MR) is 81.8 cm³/mol. The third-order valence-corrected chi connectivity index (χ3v) is 7.07. The number of carbonyl (C=O) groups is 4. The molecule has 0 radical (unpaired) electrons. The van der Waals surface area contributed by atoms with Gasteiger partial charge in [0.25, 0.3) is 0 Å². The van der Waals surface area contributed by atoms with Gasteiger partial charge in [0.1, 0.15) is 10.8 Å². The Kier molecular flexibility index (Phi) is 2.56. The highest BCUT2D eigenvalue weighted by molar-refractivity contribution is 6.38. The Morgan fingerprint density at radius 2 is 1.08 bits per heavy atom. The zero-order valence-electron chi connectivity index (χ0n) is 14.2. The highest BCUT2D eigenvalue weighted by atomic mass is 16.5. The van der Waals surface area contributed by atoms with Gasteiger partial charge in [-0.3, -0.25) is 19.2 Å². The van der Waals surface area contributed by atoms with E-state index >= 15 is 0 Å². The number of fused-ring (bicyclic) bond motifs is 2. The average molecular weight is 360 g/mol. The van der Waals surface area contributed by atoms with Gasteiger partial charge in [-0.2, -0.15) is 0 Å². The summed E-state index contributed by atoms with van der Waals surface area (Å²) in [5, 5.41) is 22.9. The molecule has 0 amide bonds. The molecule has 3 fully saturated rings. The Morgan fingerprint density at radius 1 is 0.731 bits per heavy atom. The number of ketones is 4. The van der Waals surface area contributed by atoms with Crippen molar-refractivity contribution in [3.8, 4) is 0 Å². The van der Waals surface area contributed by atoms with Crippen molar-refractivity contribution in [2.45, 2.75) is 25.0 Å². The van der Waals surface area contributed by atoms with E-state index in [1.165, 1.54) is 13.8 Å². The van der Waals surface area contributed by atoms with Crippen LogP contribution in [0.1, 0.15) is 13.8 Å². The standard InChI is InChI=1S/C18H16O8/c1-7-9-3-25-5-15(9)13(21)17(23,11(7)19)16-6-26-4-10(16)8(2)12(20)18(15,24)14(16)22/h23-24H,3-6H2,1-2H3/t15-,16-,17-,18+/m1/s1. The normalized spacial score (nSPS) is 46.9. The van der Waals surface area contributed by atoms with E-state index in [1.54, 1.807) is 0 Å². The quantitative estimate of drug-likeness (QED) is 0.496. The monoisotopic (exact) mass is 360 g/mol. The van der Waals surface area contributed by atoms with Gasteiger partial charge in [0, 0.05) is 0 Å². The van der Waals surface area contributed by atoms with Gasteiger partial charge >= 0.3 is 0 Å². The highest BCUT2D eigenvalue weighted by Gasteiger charge is 2.88. The van der Waals surface area contributed by atoms with Crippen LogP contribution in [0.3, 0.4) is 0 Å². The number of Topliss-reactive ketones (excluding diaryl/α,β-unsaturated/α-hetero) is 4. The lowest BCUT2D eigenvalue weighted by Crippen LogP contribution is -2.85. The van der Waals surface area contributed by atoms with Crippen LogP contribution >= 0.6 is 0 Å². The maximum absolute atomic E-state index is 13.5. The zero-order valence-corrected chi connectivity index (χ0v) is 14.2. The molecule has 26 heavy (non-hydrogen) atoms. The van der Waals surface area contributed by atoms with Crippen LogP contribution in [0.5, 0.6) is 0 Å². The van der Waals surface area contributed by atoms with Crippen molar-refractivity contribution in [3.63, 3.8) is 0 Å². The number of aliphatic hydroxyl groups is 2. The first-order valence-corrected chi connectivity index (χ1v) is 8.33. The van der Waals surface area contributed by atoms with Crippen molar-refractivity contribution in [2.75, 3.05) is 26.4 Å². The molecular weight excluding hydrogens is 344 g/mol. The second-order valence-corrected chi connectivity index (χ2v) is 7.74. The van der Waals surface area contributed by atoms with Gasteiger partial charge in [-0.15, -0.1) is 0 Å². The van der Waals surface area contributed by atoms with Crippen LogP contribution in [-0.4, -0.2) is 71.0 Å². The van der Waals surface area contributed by atoms with Gasteiger partial charge in [0.05, 0.1) is 26.4 Å². The molecule has 4 bridgehead atoms. The third kappa shape index (κ3) is 1.10. The van der Waals surface area contributed by atoms with Crippen LogP contribution in [0.25, 0.3) is 0 Å². The van der Waals surface area contributed by atoms with Crippen molar-refractivity contribution < 1.29 is 38.9 Å². The minimum absolute atomic E-state index is 0.0495. The van der Waals surface area contributed by atoms with Gasteiger partial charge in [-0.1, -0.05) is 0 Å². The molecule has 2 spiro atoms. The van der Waals surface area contributed by atoms with E-state index in [4.69, 9.17) is 9.47 Å². The minimum Gasteiger partial charge on any atom is -0.376 e. The molecule has 0 aromatic carbocycles. The summed E-state index contributed by atoms with van der Waals surface area (Å²) in [6.07, 6.45) is 0. The second-order valence-electron chi connectivity index (χ2n) is 7.74. The Bertz CT molecular complexity index is 865. The van der Waals surface area contributed by atoms with Crippen LogP contribution in [0.4, 0.5) is 0 Å². The molecule has 8 heteroatoms. The molecule has 2 aliphatic heterocycles. The predicted octanol–water partition coefficient (Wildman–Crippen LogP) is -1.57. The average Bonchev–Trinajstić information content (AvgIpc) is 3.26. The zero-order chi connectivity index (χ0) is 18.9. The van der Waals surface area contributed by atoms with Gasteiger partial charge in [0.15, 0.2) is 23.1 Å². The van der Waals surface area contributed by atoms with Crippen molar-refractivity contribution >= 4 is 23.1 Å². The molecule has 2 saturated heterocycles. The van der Waals surface area contributed by atoms with Crippen LogP contribution in [0.15, 0.2) is 22.3 Å². The number of carbonyl (C=O) groups excluding carboxylic acids is 4. The van der Waals surface area contributed by atoms with Crippen molar-refractivity contribution in [1.82, 2.24) is 0 Å². The molecule has 0 aromatic rings. The van der Waals surface area contributed by atoms with E-state index in [2.05, 4.69) is 0 Å². The Balaban J connectivity index is 2.03. The Morgan fingerprint density at radius 3 is 1.42 bits per heavy atom. The lowest BCUT2D eigenvalue weighted by molar-refractivity contribution is -0.209. The van der Waals surface area contributed by atoms with Gasteiger partial charge in [-0.05, 0) is 36.1 Å². The first-order valence-electron chi connectivity index (χ1n) is 8.33. The molecule has 5 rings (SSSR count). The molecule has 1 saturated carbocycles. The molecule has 2 N–H and O–H groups in total. The lowest BCUT2D eigenvalue weighted by Gasteiger charge is -2.60. The SMILES string of the molecule is CC1=C2COC[C@]23C(=O)[C@@](O)(C1=O)[C@]12COCC1=C(C)C(=O)[C@@]3(O)C2=O. The van der Waals surface area contributed by atoms with Crippen LogP contribution in [0.2, 0.25) is 0 Å². The fraction of sp³-hybridized carbons (Fsp3) is 0.556. The number of ether oxygens (including phenoxy) is 2. The molecule has 136 valence electrons. The molecule has 8 nitrogen and oxygen atoms in total. The molecule has 2 heterocycles. The largest absolute Gasteiger partial charge is 0.376 e. The van der Waals surface area contributed by atoms with Gasteiger partial charge in [0.2, 0.25) is 11.2 Å². The topological polar surface area (TPSA) is 127 Å². The second kappa shape index (κ2) is 4.12. The molecule has 3 aliphatic carbocycles. The smallest absolute Gasteiger partial charge is 0.205 e. The van der Waals surface area contributed by atoms with E-state index in [0.29, 0.717) is 0 Å². The van der Waals surface area contributed by atoms with Crippen LogP contribution in [-0.2, 0) is 28.7 Å². The van der Waals surface area contributed by atoms with Gasteiger partial charge < -0.3 is 19.7 Å².